The molecule has 1 aromatic heterocycles. The van der Waals surface area contributed by atoms with Gasteiger partial charge < -0.3 is 19.7 Å². The maximum absolute atomic E-state index is 5.32. The van der Waals surface area contributed by atoms with Gasteiger partial charge in [-0.2, -0.15) is 0 Å². The molecule has 0 radical (unpaired) electrons. The molecule has 6 nitrogen and oxygen atoms in total. The molecule has 6 heteroatoms. The van der Waals surface area contributed by atoms with Gasteiger partial charge in [0.15, 0.2) is 0 Å². The van der Waals surface area contributed by atoms with Crippen LogP contribution in [0.3, 0.4) is 0 Å². The molecule has 1 fully saturated rings. The molecule has 2 rings (SSSR count). The predicted molar refractivity (Wildman–Crippen MR) is 68.6 cm³/mol. The summed E-state index contributed by atoms with van der Waals surface area (Å²) in [4.78, 5) is 11.0. The number of hydrogen-bond donors (Lipinski definition) is 1. The van der Waals surface area contributed by atoms with Crippen molar-refractivity contribution in [2.45, 2.75) is 6.54 Å². The van der Waals surface area contributed by atoms with Crippen LogP contribution in [0.5, 0.6) is 0 Å². The van der Waals surface area contributed by atoms with E-state index in [-0.39, 0.29) is 0 Å². The highest BCUT2D eigenvalue weighted by Gasteiger charge is 2.13. The van der Waals surface area contributed by atoms with Crippen LogP contribution >= 0.6 is 0 Å². The first kappa shape index (κ1) is 13.2. The molecular formula is C12H20N4O2. The quantitative estimate of drug-likeness (QED) is 0.722. The van der Waals surface area contributed by atoms with Crippen molar-refractivity contribution in [3.05, 3.63) is 18.0 Å². The van der Waals surface area contributed by atoms with Gasteiger partial charge in [0.2, 0.25) is 5.95 Å². The molecule has 2 heterocycles. The van der Waals surface area contributed by atoms with E-state index in [2.05, 4.69) is 20.2 Å². The van der Waals surface area contributed by atoms with Crippen molar-refractivity contribution in [2.24, 2.45) is 0 Å². The van der Waals surface area contributed by atoms with Crippen LogP contribution < -0.4 is 10.2 Å². The molecule has 100 valence electrons. The van der Waals surface area contributed by atoms with Gasteiger partial charge in [0.1, 0.15) is 0 Å². The summed E-state index contributed by atoms with van der Waals surface area (Å²) in [7, 11) is 1.70. The Hall–Kier alpha value is -1.24. The lowest BCUT2D eigenvalue weighted by Crippen LogP contribution is -2.37. The molecule has 0 bridgehead atoms. The zero-order valence-corrected chi connectivity index (χ0v) is 10.8. The number of nitrogens with one attached hydrogen (secondary N) is 1. The molecule has 1 aliphatic heterocycles. The second-order valence-corrected chi connectivity index (χ2v) is 4.12. The van der Waals surface area contributed by atoms with Gasteiger partial charge in [-0.3, -0.25) is 0 Å². The highest BCUT2D eigenvalue weighted by Crippen LogP contribution is 2.09. The van der Waals surface area contributed by atoms with Crippen molar-refractivity contribution in [2.75, 3.05) is 51.5 Å². The maximum Gasteiger partial charge on any atom is 0.225 e. The summed E-state index contributed by atoms with van der Waals surface area (Å²) in [5, 5.41) is 3.27. The third-order valence-corrected chi connectivity index (χ3v) is 2.78. The Labute approximate surface area is 107 Å². The summed E-state index contributed by atoms with van der Waals surface area (Å²) in [6.45, 7) is 5.50. The Bertz CT molecular complexity index is 356. The van der Waals surface area contributed by atoms with E-state index < -0.39 is 0 Å². The zero-order valence-electron chi connectivity index (χ0n) is 10.8. The Balaban J connectivity index is 1.88. The van der Waals surface area contributed by atoms with E-state index in [1.165, 1.54) is 0 Å². The fraction of sp³-hybridized carbons (Fsp3) is 0.667. The van der Waals surface area contributed by atoms with Crippen LogP contribution in [0, 0.1) is 0 Å². The third kappa shape index (κ3) is 3.90. The molecule has 1 aromatic rings. The van der Waals surface area contributed by atoms with Crippen LogP contribution in [0.4, 0.5) is 5.95 Å². The van der Waals surface area contributed by atoms with Crippen LogP contribution in [0.15, 0.2) is 12.3 Å². The molecule has 0 aliphatic carbocycles. The van der Waals surface area contributed by atoms with E-state index >= 15 is 0 Å². The minimum atomic E-state index is 0.710. The smallest absolute Gasteiger partial charge is 0.225 e. The fourth-order valence-electron chi connectivity index (χ4n) is 1.79. The number of nitrogens with zero attached hydrogens (tertiary/aromatic N) is 3. The Morgan fingerprint density at radius 1 is 1.44 bits per heavy atom. The molecule has 0 saturated carbocycles. The van der Waals surface area contributed by atoms with Gasteiger partial charge in [-0.15, -0.1) is 0 Å². The number of aromatic nitrogens is 2. The summed E-state index contributed by atoms with van der Waals surface area (Å²) in [6, 6.07) is 1.93. The summed E-state index contributed by atoms with van der Waals surface area (Å²) in [5.41, 5.74) is 1.00. The average molecular weight is 252 g/mol. The van der Waals surface area contributed by atoms with Crippen molar-refractivity contribution in [3.8, 4) is 0 Å². The largest absolute Gasteiger partial charge is 0.383 e. The van der Waals surface area contributed by atoms with E-state index in [1.54, 1.807) is 7.11 Å². The monoisotopic (exact) mass is 252 g/mol. The maximum atomic E-state index is 5.32. The third-order valence-electron chi connectivity index (χ3n) is 2.78. The molecule has 18 heavy (non-hydrogen) atoms. The fourth-order valence-corrected chi connectivity index (χ4v) is 1.79. The number of morpholine rings is 1. The lowest BCUT2D eigenvalue weighted by atomic mass is 10.4. The molecule has 0 aromatic carbocycles. The van der Waals surface area contributed by atoms with E-state index in [0.29, 0.717) is 6.61 Å². The molecule has 0 unspecified atom stereocenters. The van der Waals surface area contributed by atoms with Gasteiger partial charge in [0.25, 0.3) is 0 Å². The highest BCUT2D eigenvalue weighted by atomic mass is 16.5. The lowest BCUT2D eigenvalue weighted by molar-refractivity contribution is 0.122. The first-order chi connectivity index (χ1) is 8.90. The molecule has 1 N–H and O–H groups in total. The number of methoxy groups -OCH3 is 1. The number of anilines is 1. The second kappa shape index (κ2) is 7.25. The van der Waals surface area contributed by atoms with Crippen molar-refractivity contribution in [1.29, 1.82) is 0 Å². The Kier molecular flexibility index (Phi) is 5.32. The molecule has 0 spiro atoms. The molecule has 0 atom stereocenters. The molecule has 0 amide bonds. The molecule has 1 aliphatic rings. The van der Waals surface area contributed by atoms with Crippen molar-refractivity contribution in [3.63, 3.8) is 0 Å². The van der Waals surface area contributed by atoms with Crippen LogP contribution in [0.1, 0.15) is 5.69 Å². The number of ether oxygens (including phenoxy) is 2. The topological polar surface area (TPSA) is 59.5 Å². The summed E-state index contributed by atoms with van der Waals surface area (Å²) < 4.78 is 10.3. The summed E-state index contributed by atoms with van der Waals surface area (Å²) in [5.74, 6) is 0.796. The minimum Gasteiger partial charge on any atom is -0.383 e. The van der Waals surface area contributed by atoms with Crippen molar-refractivity contribution in [1.82, 2.24) is 15.3 Å². The van der Waals surface area contributed by atoms with Crippen molar-refractivity contribution >= 4 is 5.95 Å². The standard InChI is InChI=1S/C12H20N4O2/c1-17-7-4-13-10-11-2-3-14-12(15-11)16-5-8-18-9-6-16/h2-3,13H,4-10H2,1H3. The van der Waals surface area contributed by atoms with Gasteiger partial charge in [-0.25, -0.2) is 9.97 Å². The minimum absolute atomic E-state index is 0.710. The normalized spacial score (nSPS) is 15.9. The first-order valence-corrected chi connectivity index (χ1v) is 6.24. The number of rotatable bonds is 6. The molecular weight excluding hydrogens is 232 g/mol. The van der Waals surface area contributed by atoms with Gasteiger partial charge in [-0.1, -0.05) is 0 Å². The van der Waals surface area contributed by atoms with Crippen LogP contribution in [0.25, 0.3) is 0 Å². The van der Waals surface area contributed by atoms with Gasteiger partial charge in [0, 0.05) is 39.5 Å². The lowest BCUT2D eigenvalue weighted by Gasteiger charge is -2.26. The number of hydrogen-bond acceptors (Lipinski definition) is 6. The summed E-state index contributed by atoms with van der Waals surface area (Å²) in [6.07, 6.45) is 1.81. The van der Waals surface area contributed by atoms with Crippen molar-refractivity contribution < 1.29 is 9.47 Å². The zero-order chi connectivity index (χ0) is 12.6. The van der Waals surface area contributed by atoms with E-state index in [0.717, 1.165) is 51.0 Å². The van der Waals surface area contributed by atoms with E-state index in [9.17, 15) is 0 Å². The van der Waals surface area contributed by atoms with E-state index in [4.69, 9.17) is 9.47 Å². The first-order valence-electron chi connectivity index (χ1n) is 6.24. The van der Waals surface area contributed by atoms with Crippen LogP contribution in [0.2, 0.25) is 0 Å². The Morgan fingerprint density at radius 2 is 2.28 bits per heavy atom. The molecule has 1 saturated heterocycles. The van der Waals surface area contributed by atoms with E-state index in [1.807, 2.05) is 12.3 Å². The van der Waals surface area contributed by atoms with Gasteiger partial charge in [0.05, 0.1) is 25.5 Å². The predicted octanol–water partition coefficient (Wildman–Crippen LogP) is 0.0492. The average Bonchev–Trinajstić information content (AvgIpc) is 2.45. The van der Waals surface area contributed by atoms with Gasteiger partial charge >= 0.3 is 0 Å². The van der Waals surface area contributed by atoms with Gasteiger partial charge in [-0.05, 0) is 6.07 Å². The van der Waals surface area contributed by atoms with Crippen LogP contribution in [-0.4, -0.2) is 56.5 Å². The second-order valence-electron chi connectivity index (χ2n) is 4.12. The summed E-state index contributed by atoms with van der Waals surface area (Å²) >= 11 is 0. The highest BCUT2D eigenvalue weighted by molar-refractivity contribution is 5.30. The SMILES string of the molecule is COCCNCc1ccnc(N2CCOCC2)n1. The van der Waals surface area contributed by atoms with Crippen LogP contribution in [-0.2, 0) is 16.0 Å². The Morgan fingerprint density at radius 3 is 3.06 bits per heavy atom.